The van der Waals surface area contributed by atoms with E-state index < -0.39 is 17.2 Å². The highest BCUT2D eigenvalue weighted by molar-refractivity contribution is 5.77. The van der Waals surface area contributed by atoms with Crippen LogP contribution < -0.4 is 5.32 Å². The average molecular weight is 470 g/mol. The molecule has 2 saturated heterocycles. The van der Waals surface area contributed by atoms with Crippen molar-refractivity contribution in [1.82, 2.24) is 25.5 Å². The SMILES string of the molecule is CC(C)(C)OC(=O)NC1(Cc2nnc(C3CCC4CN3C(=O)N4OCc3ccccc3)o2)CC1. The Labute approximate surface area is 198 Å². The lowest BCUT2D eigenvalue weighted by molar-refractivity contribution is -0.140. The van der Waals surface area contributed by atoms with Crippen LogP contribution in [0.25, 0.3) is 0 Å². The quantitative estimate of drug-likeness (QED) is 0.658. The van der Waals surface area contributed by atoms with Gasteiger partial charge in [0, 0.05) is 13.0 Å². The largest absolute Gasteiger partial charge is 0.444 e. The Morgan fingerprint density at radius 3 is 2.68 bits per heavy atom. The van der Waals surface area contributed by atoms with Crippen LogP contribution in [-0.4, -0.2) is 56.0 Å². The molecule has 3 aliphatic rings. The number of nitrogens with one attached hydrogen (secondary N) is 1. The van der Waals surface area contributed by atoms with Crippen LogP contribution in [0.4, 0.5) is 9.59 Å². The van der Waals surface area contributed by atoms with Crippen LogP contribution in [0.2, 0.25) is 0 Å². The Morgan fingerprint density at radius 2 is 1.97 bits per heavy atom. The first kappa shape index (κ1) is 22.6. The van der Waals surface area contributed by atoms with E-state index in [1.54, 1.807) is 4.90 Å². The lowest BCUT2D eigenvalue weighted by atomic mass is 10.0. The number of hydrogen-bond donors (Lipinski definition) is 1. The number of aromatic nitrogens is 2. The zero-order valence-electron chi connectivity index (χ0n) is 19.8. The smallest absolute Gasteiger partial charge is 0.408 e. The first-order valence-electron chi connectivity index (χ1n) is 11.8. The van der Waals surface area contributed by atoms with Gasteiger partial charge in [0.2, 0.25) is 11.8 Å². The molecule has 5 rings (SSSR count). The fraction of sp³-hybridized carbons (Fsp3) is 0.583. The molecule has 1 saturated carbocycles. The molecule has 10 heteroatoms. The highest BCUT2D eigenvalue weighted by Gasteiger charge is 2.49. The van der Waals surface area contributed by atoms with E-state index in [1.165, 1.54) is 5.06 Å². The molecule has 3 fully saturated rings. The van der Waals surface area contributed by atoms with E-state index in [0.717, 1.165) is 31.2 Å². The molecule has 1 N–H and O–H groups in total. The standard InChI is InChI=1S/C24H31N5O5/c1-23(2,3)34-21(30)25-24(11-12-24)13-19-26-27-20(33-19)18-10-9-17-14-28(18)22(31)29(17)32-15-16-7-5-4-6-8-16/h4-8,17-18H,9-15H2,1-3H3,(H,25,30). The molecule has 1 aromatic heterocycles. The van der Waals surface area contributed by atoms with E-state index in [2.05, 4.69) is 15.5 Å². The number of hydroxylamine groups is 2. The van der Waals surface area contributed by atoms with Gasteiger partial charge < -0.3 is 19.4 Å². The van der Waals surface area contributed by atoms with Crippen LogP contribution in [0.3, 0.4) is 0 Å². The summed E-state index contributed by atoms with van der Waals surface area (Å²) in [6, 6.07) is 9.36. The minimum absolute atomic E-state index is 0.0163. The number of urea groups is 1. The molecular weight excluding hydrogens is 438 g/mol. The van der Waals surface area contributed by atoms with Gasteiger partial charge in [-0.25, -0.2) is 9.59 Å². The van der Waals surface area contributed by atoms with Crippen LogP contribution in [0.1, 0.15) is 69.8 Å². The third-order valence-corrected chi connectivity index (χ3v) is 6.41. The zero-order valence-corrected chi connectivity index (χ0v) is 19.8. The van der Waals surface area contributed by atoms with E-state index in [9.17, 15) is 9.59 Å². The van der Waals surface area contributed by atoms with E-state index in [0.29, 0.717) is 31.4 Å². The summed E-state index contributed by atoms with van der Waals surface area (Å²) in [6.45, 7) is 6.41. The van der Waals surface area contributed by atoms with Gasteiger partial charge in [-0.05, 0) is 52.0 Å². The molecule has 2 aliphatic heterocycles. The molecule has 0 spiro atoms. The van der Waals surface area contributed by atoms with Gasteiger partial charge >= 0.3 is 12.1 Å². The molecule has 10 nitrogen and oxygen atoms in total. The van der Waals surface area contributed by atoms with Gasteiger partial charge in [0.25, 0.3) is 0 Å². The number of carbonyl (C=O) groups excluding carboxylic acids is 2. The summed E-state index contributed by atoms with van der Waals surface area (Å²) in [5.41, 5.74) is 0.0475. The minimum Gasteiger partial charge on any atom is -0.444 e. The summed E-state index contributed by atoms with van der Waals surface area (Å²) >= 11 is 0. The monoisotopic (exact) mass is 469 g/mol. The highest BCUT2D eigenvalue weighted by atomic mass is 16.7. The van der Waals surface area contributed by atoms with Crippen molar-refractivity contribution in [2.45, 2.75) is 82.7 Å². The van der Waals surface area contributed by atoms with Gasteiger partial charge in [-0.1, -0.05) is 30.3 Å². The fourth-order valence-electron chi connectivity index (χ4n) is 4.55. The van der Waals surface area contributed by atoms with Crippen LogP contribution in [0.5, 0.6) is 0 Å². The molecule has 2 bridgehead atoms. The van der Waals surface area contributed by atoms with E-state index in [4.69, 9.17) is 14.0 Å². The van der Waals surface area contributed by atoms with Crippen molar-refractivity contribution in [3.63, 3.8) is 0 Å². The Morgan fingerprint density at radius 1 is 1.21 bits per heavy atom. The number of benzene rings is 1. The van der Waals surface area contributed by atoms with Crippen LogP contribution in [-0.2, 0) is 22.6 Å². The maximum atomic E-state index is 13.0. The van der Waals surface area contributed by atoms with E-state index >= 15 is 0 Å². The number of rotatable bonds is 7. The third kappa shape index (κ3) is 4.86. The minimum atomic E-state index is -0.558. The first-order chi connectivity index (χ1) is 16.2. The average Bonchev–Trinajstić information content (AvgIpc) is 3.28. The lowest BCUT2D eigenvalue weighted by Crippen LogP contribution is -2.42. The van der Waals surface area contributed by atoms with Gasteiger partial charge in [0.1, 0.15) is 18.2 Å². The maximum Gasteiger partial charge on any atom is 0.408 e. The summed E-state index contributed by atoms with van der Waals surface area (Å²) in [6.07, 6.45) is 3.17. The number of fused-ring (bicyclic) bond motifs is 2. The molecule has 2 atom stereocenters. The van der Waals surface area contributed by atoms with Gasteiger partial charge in [0.05, 0.1) is 11.6 Å². The first-order valence-corrected chi connectivity index (χ1v) is 11.8. The van der Waals surface area contributed by atoms with Crippen molar-refractivity contribution in [3.8, 4) is 0 Å². The molecule has 3 heterocycles. The molecule has 1 aliphatic carbocycles. The van der Waals surface area contributed by atoms with Crippen LogP contribution >= 0.6 is 0 Å². The second kappa shape index (κ2) is 8.57. The van der Waals surface area contributed by atoms with Crippen molar-refractivity contribution in [2.75, 3.05) is 6.54 Å². The zero-order chi connectivity index (χ0) is 23.9. The molecule has 0 radical (unpaired) electrons. The number of piperidine rings is 1. The molecule has 2 unspecified atom stereocenters. The number of carbonyl (C=O) groups is 2. The van der Waals surface area contributed by atoms with Crippen molar-refractivity contribution in [1.29, 1.82) is 0 Å². The van der Waals surface area contributed by atoms with Gasteiger partial charge in [0.15, 0.2) is 0 Å². The summed E-state index contributed by atoms with van der Waals surface area (Å²) in [4.78, 5) is 32.9. The number of hydrogen-bond acceptors (Lipinski definition) is 7. The highest BCUT2D eigenvalue weighted by Crippen LogP contribution is 2.41. The van der Waals surface area contributed by atoms with Gasteiger partial charge in [-0.2, -0.15) is 5.06 Å². The molecule has 2 aromatic rings. The van der Waals surface area contributed by atoms with Crippen molar-refractivity contribution in [2.24, 2.45) is 0 Å². The van der Waals surface area contributed by atoms with Gasteiger partial charge in [-0.15, -0.1) is 10.2 Å². The second-order valence-corrected chi connectivity index (χ2v) is 10.4. The fourth-order valence-corrected chi connectivity index (χ4v) is 4.55. The van der Waals surface area contributed by atoms with E-state index in [1.807, 2.05) is 51.1 Å². The Hall–Kier alpha value is -3.14. The van der Waals surface area contributed by atoms with Gasteiger partial charge in [-0.3, -0.25) is 4.84 Å². The molecule has 182 valence electrons. The maximum absolute atomic E-state index is 13.0. The Kier molecular flexibility index (Phi) is 5.71. The summed E-state index contributed by atoms with van der Waals surface area (Å²) < 4.78 is 11.4. The van der Waals surface area contributed by atoms with Crippen LogP contribution in [0, 0.1) is 0 Å². The molecule has 3 amide bonds. The Bertz CT molecular complexity index is 1050. The molecular formula is C24H31N5O5. The lowest BCUT2D eigenvalue weighted by Gasteiger charge is -2.27. The number of ether oxygens (including phenoxy) is 1. The molecule has 1 aromatic carbocycles. The predicted molar refractivity (Wildman–Crippen MR) is 120 cm³/mol. The number of nitrogens with zero attached hydrogens (tertiary/aromatic N) is 4. The second-order valence-electron chi connectivity index (χ2n) is 10.4. The summed E-state index contributed by atoms with van der Waals surface area (Å²) in [5, 5.41) is 12.9. The van der Waals surface area contributed by atoms with Crippen molar-refractivity contribution in [3.05, 3.63) is 47.7 Å². The number of alkyl carbamates (subject to hydrolysis) is 1. The molecule has 34 heavy (non-hydrogen) atoms. The van der Waals surface area contributed by atoms with Crippen molar-refractivity contribution < 1.29 is 23.6 Å². The van der Waals surface area contributed by atoms with E-state index in [-0.39, 0.29) is 18.1 Å². The number of amides is 3. The summed E-state index contributed by atoms with van der Waals surface area (Å²) in [7, 11) is 0. The summed E-state index contributed by atoms with van der Waals surface area (Å²) in [5.74, 6) is 0.884. The third-order valence-electron chi connectivity index (χ3n) is 6.41. The normalized spacial score (nSPS) is 23.2. The Balaban J connectivity index is 1.20. The van der Waals surface area contributed by atoms with Crippen LogP contribution in [0.15, 0.2) is 34.7 Å². The van der Waals surface area contributed by atoms with Crippen molar-refractivity contribution >= 4 is 12.1 Å². The topological polar surface area (TPSA) is 110 Å². The predicted octanol–water partition coefficient (Wildman–Crippen LogP) is 3.74.